The minimum absolute atomic E-state index is 0.0572. The van der Waals surface area contributed by atoms with E-state index in [0.717, 1.165) is 63.1 Å². The molecule has 2 aromatic rings. The number of ether oxygens (including phenoxy) is 2. The van der Waals surface area contributed by atoms with Gasteiger partial charge in [0.05, 0.1) is 18.6 Å². The van der Waals surface area contributed by atoms with Crippen LogP contribution in [0, 0.1) is 5.92 Å². The van der Waals surface area contributed by atoms with Crippen LogP contribution in [0.3, 0.4) is 0 Å². The number of rotatable bonds is 10. The highest BCUT2D eigenvalue weighted by atomic mass is 16.5. The van der Waals surface area contributed by atoms with Crippen molar-refractivity contribution in [1.29, 1.82) is 0 Å². The van der Waals surface area contributed by atoms with Crippen LogP contribution in [0.15, 0.2) is 24.3 Å². The van der Waals surface area contributed by atoms with Crippen molar-refractivity contribution in [3.63, 3.8) is 0 Å². The van der Waals surface area contributed by atoms with Gasteiger partial charge in [0.25, 0.3) is 0 Å². The second-order valence-electron chi connectivity index (χ2n) is 8.95. The van der Waals surface area contributed by atoms with Gasteiger partial charge in [-0.2, -0.15) is 0 Å². The quantitative estimate of drug-likeness (QED) is 0.557. The molecule has 30 heavy (non-hydrogen) atoms. The summed E-state index contributed by atoms with van der Waals surface area (Å²) in [5, 5.41) is 4.86. The van der Waals surface area contributed by atoms with E-state index in [4.69, 9.17) is 9.47 Å². The van der Waals surface area contributed by atoms with Crippen molar-refractivity contribution in [1.82, 2.24) is 10.3 Å². The lowest BCUT2D eigenvalue weighted by Crippen LogP contribution is -2.48. The van der Waals surface area contributed by atoms with Crippen LogP contribution in [-0.4, -0.2) is 43.7 Å². The Bertz CT molecular complexity index is 847. The van der Waals surface area contributed by atoms with Crippen LogP contribution in [0.2, 0.25) is 0 Å². The molecule has 0 unspecified atom stereocenters. The molecule has 2 atom stereocenters. The van der Waals surface area contributed by atoms with Gasteiger partial charge in [-0.1, -0.05) is 44.9 Å². The van der Waals surface area contributed by atoms with Crippen LogP contribution in [0.25, 0.3) is 10.9 Å². The van der Waals surface area contributed by atoms with Gasteiger partial charge in [-0.3, -0.25) is 4.79 Å². The van der Waals surface area contributed by atoms with Crippen molar-refractivity contribution < 1.29 is 14.3 Å². The molecule has 0 saturated carbocycles. The lowest BCUT2D eigenvalue weighted by atomic mass is 9.70. The Kier molecular flexibility index (Phi) is 6.91. The summed E-state index contributed by atoms with van der Waals surface area (Å²) < 4.78 is 12.5. The summed E-state index contributed by atoms with van der Waals surface area (Å²) in [6.07, 6.45) is 5.66. The van der Waals surface area contributed by atoms with Gasteiger partial charge >= 0.3 is 0 Å². The third-order valence-corrected chi connectivity index (χ3v) is 6.88. The summed E-state index contributed by atoms with van der Waals surface area (Å²) in [5.74, 6) is 0.254. The summed E-state index contributed by atoms with van der Waals surface area (Å²) in [7, 11) is 0. The third-order valence-electron chi connectivity index (χ3n) is 6.88. The summed E-state index contributed by atoms with van der Waals surface area (Å²) in [5.41, 5.74) is 3.09. The second kappa shape index (κ2) is 9.63. The Labute approximate surface area is 179 Å². The van der Waals surface area contributed by atoms with E-state index >= 15 is 0 Å². The van der Waals surface area contributed by atoms with Crippen molar-refractivity contribution in [3.8, 4) is 0 Å². The first kappa shape index (κ1) is 21.5. The largest absolute Gasteiger partial charge is 0.380 e. The molecule has 4 rings (SSSR count). The Morgan fingerprint density at radius 3 is 2.47 bits per heavy atom. The van der Waals surface area contributed by atoms with Crippen LogP contribution in [-0.2, 0) is 19.7 Å². The Hall–Kier alpha value is -1.69. The first-order valence-electron chi connectivity index (χ1n) is 11.7. The zero-order valence-corrected chi connectivity index (χ0v) is 18.5. The predicted octanol–water partition coefficient (Wildman–Crippen LogP) is 4.66. The molecule has 5 nitrogen and oxygen atoms in total. The molecule has 0 amide bonds. The lowest BCUT2D eigenvalue weighted by molar-refractivity contribution is -0.128. The van der Waals surface area contributed by atoms with Crippen LogP contribution in [0.4, 0.5) is 0 Å². The number of aromatic amines is 1. The monoisotopic (exact) mass is 412 g/mol. The van der Waals surface area contributed by atoms with E-state index in [2.05, 4.69) is 48.4 Å². The summed E-state index contributed by atoms with van der Waals surface area (Å²) in [6, 6.07) is 8.52. The van der Waals surface area contributed by atoms with Crippen molar-refractivity contribution in [2.75, 3.05) is 33.0 Å². The molecule has 5 heteroatoms. The van der Waals surface area contributed by atoms with E-state index in [1.165, 1.54) is 10.9 Å². The zero-order valence-electron chi connectivity index (χ0n) is 18.5. The predicted molar refractivity (Wildman–Crippen MR) is 120 cm³/mol. The molecule has 2 N–H and O–H groups in total. The number of carbonyl (C=O) groups excluding carboxylic acids is 1. The number of hydrogen-bond acceptors (Lipinski definition) is 4. The van der Waals surface area contributed by atoms with Gasteiger partial charge in [-0.05, 0) is 37.4 Å². The number of fused-ring (bicyclic) bond motifs is 7. The van der Waals surface area contributed by atoms with Gasteiger partial charge in [-0.25, -0.2) is 0 Å². The highest BCUT2D eigenvalue weighted by molar-refractivity contribution is 5.91. The SMILES string of the molecule is CCCCOCC1(COCCCC)c2[nH]c3ccccc3c2[C@@H]2CC(=O)[C@H]1CCN2. The van der Waals surface area contributed by atoms with E-state index in [1.807, 2.05) is 0 Å². The average molecular weight is 413 g/mol. The second-order valence-corrected chi connectivity index (χ2v) is 8.95. The first-order valence-corrected chi connectivity index (χ1v) is 11.7. The molecular weight excluding hydrogens is 376 g/mol. The number of para-hydroxylation sites is 1. The van der Waals surface area contributed by atoms with E-state index in [-0.39, 0.29) is 12.0 Å². The summed E-state index contributed by atoms with van der Waals surface area (Å²) in [6.45, 7) is 7.72. The van der Waals surface area contributed by atoms with Gasteiger partial charge in [0.1, 0.15) is 5.78 Å². The van der Waals surface area contributed by atoms with Crippen LogP contribution in [0.1, 0.15) is 69.7 Å². The number of ketones is 1. The average Bonchev–Trinajstić information content (AvgIpc) is 2.99. The van der Waals surface area contributed by atoms with Gasteiger partial charge < -0.3 is 19.8 Å². The highest BCUT2D eigenvalue weighted by Gasteiger charge is 2.51. The van der Waals surface area contributed by atoms with E-state index in [9.17, 15) is 4.79 Å². The molecule has 1 saturated heterocycles. The number of aromatic nitrogens is 1. The molecule has 1 aromatic carbocycles. The fraction of sp³-hybridized carbons (Fsp3) is 0.640. The topological polar surface area (TPSA) is 63.4 Å². The highest BCUT2D eigenvalue weighted by Crippen LogP contribution is 2.48. The Morgan fingerprint density at radius 1 is 1.07 bits per heavy atom. The number of carbonyl (C=O) groups is 1. The van der Waals surface area contributed by atoms with Crippen molar-refractivity contribution in [2.24, 2.45) is 5.92 Å². The van der Waals surface area contributed by atoms with Crippen molar-refractivity contribution in [3.05, 3.63) is 35.5 Å². The maximum Gasteiger partial charge on any atom is 0.139 e. The minimum atomic E-state index is -0.455. The fourth-order valence-corrected chi connectivity index (χ4v) is 5.25. The summed E-state index contributed by atoms with van der Waals surface area (Å²) >= 11 is 0. The molecule has 0 spiro atoms. The molecule has 1 aliphatic carbocycles. The Balaban J connectivity index is 1.81. The van der Waals surface area contributed by atoms with Gasteiger partial charge in [-0.15, -0.1) is 0 Å². The molecule has 1 aromatic heterocycles. The van der Waals surface area contributed by atoms with Gasteiger partial charge in [0.2, 0.25) is 0 Å². The molecule has 164 valence electrons. The number of Topliss-reactive ketones (excluding diaryl/α,β-unsaturated/α-hetero) is 1. The van der Waals surface area contributed by atoms with E-state index < -0.39 is 5.41 Å². The van der Waals surface area contributed by atoms with Gasteiger partial charge in [0.15, 0.2) is 0 Å². The molecule has 2 heterocycles. The van der Waals surface area contributed by atoms with E-state index in [1.54, 1.807) is 0 Å². The third kappa shape index (κ3) is 3.95. The Morgan fingerprint density at radius 2 is 1.77 bits per heavy atom. The summed E-state index contributed by atoms with van der Waals surface area (Å²) in [4.78, 5) is 17.2. The number of benzene rings is 1. The molecule has 0 radical (unpaired) electrons. The standard InChI is InChI=1S/C25H36N2O3/c1-3-5-13-29-16-25(17-30-14-6-4-2)19-11-12-26-21(15-22(19)28)23-18-9-7-8-10-20(18)27-24(23)25/h7-10,19,21,26-27H,3-6,11-17H2,1-2H3/t19-,21+/m1/s1. The number of unbranched alkanes of at least 4 members (excludes halogenated alkanes) is 2. The zero-order chi connectivity index (χ0) is 21.0. The van der Waals surface area contributed by atoms with Gasteiger partial charge in [0, 0.05) is 48.2 Å². The number of nitrogens with one attached hydrogen (secondary N) is 2. The lowest BCUT2D eigenvalue weighted by Gasteiger charge is -2.39. The molecule has 2 bridgehead atoms. The van der Waals surface area contributed by atoms with Crippen molar-refractivity contribution in [2.45, 2.75) is 63.8 Å². The maximum absolute atomic E-state index is 13.4. The molecule has 2 aliphatic rings. The van der Waals surface area contributed by atoms with Crippen LogP contribution < -0.4 is 5.32 Å². The van der Waals surface area contributed by atoms with Crippen LogP contribution in [0.5, 0.6) is 0 Å². The van der Waals surface area contributed by atoms with Crippen molar-refractivity contribution >= 4 is 16.7 Å². The number of hydrogen-bond donors (Lipinski definition) is 2. The normalized spacial score (nSPS) is 22.8. The number of H-pyrrole nitrogens is 1. The van der Waals surface area contributed by atoms with E-state index in [0.29, 0.717) is 25.4 Å². The maximum atomic E-state index is 13.4. The van der Waals surface area contributed by atoms with Crippen LogP contribution >= 0.6 is 0 Å². The minimum Gasteiger partial charge on any atom is -0.380 e. The smallest absolute Gasteiger partial charge is 0.139 e. The first-order chi connectivity index (χ1) is 14.7. The molecule has 1 aliphatic heterocycles. The fourth-order valence-electron chi connectivity index (χ4n) is 5.25. The molecular formula is C25H36N2O3. The molecule has 1 fully saturated rings.